The Morgan fingerprint density at radius 2 is 1.68 bits per heavy atom. The minimum absolute atomic E-state index is 0.114. The molecule has 1 fully saturated rings. The maximum atomic E-state index is 12.1. The predicted octanol–water partition coefficient (Wildman–Crippen LogP) is 0.887. The lowest BCUT2D eigenvalue weighted by Crippen LogP contribution is -2.42. The minimum atomic E-state index is -1.15. The topological polar surface area (TPSA) is 89.5 Å². The summed E-state index contributed by atoms with van der Waals surface area (Å²) in [6, 6.07) is 6.08. The van der Waals surface area contributed by atoms with Crippen LogP contribution in [0.15, 0.2) is 24.3 Å². The number of rotatable bonds is 3. The number of carbonyl (C=O) groups excluding carboxylic acids is 2. The van der Waals surface area contributed by atoms with E-state index in [1.54, 1.807) is 12.1 Å². The average molecular weight is 262 g/mol. The van der Waals surface area contributed by atoms with E-state index in [-0.39, 0.29) is 11.7 Å². The number of aromatic hydroxyl groups is 1. The van der Waals surface area contributed by atoms with Crippen molar-refractivity contribution < 1.29 is 19.8 Å². The van der Waals surface area contributed by atoms with Gasteiger partial charge in [-0.3, -0.25) is 4.79 Å². The lowest BCUT2D eigenvalue weighted by atomic mass is 9.78. The van der Waals surface area contributed by atoms with Crippen LogP contribution in [-0.4, -0.2) is 17.0 Å². The first kappa shape index (κ1) is 13.4. The van der Waals surface area contributed by atoms with Crippen molar-refractivity contribution in [3.63, 3.8) is 0 Å². The highest BCUT2D eigenvalue weighted by molar-refractivity contribution is 5.95. The zero-order valence-electron chi connectivity index (χ0n) is 10.5. The summed E-state index contributed by atoms with van der Waals surface area (Å²) in [5, 5.41) is 22.9. The largest absolute Gasteiger partial charge is 0.550 e. The van der Waals surface area contributed by atoms with Gasteiger partial charge in [0, 0.05) is 23.5 Å². The molecule has 5 nitrogen and oxygen atoms in total. The van der Waals surface area contributed by atoms with E-state index < -0.39 is 17.8 Å². The fourth-order valence-electron chi connectivity index (χ4n) is 2.51. The van der Waals surface area contributed by atoms with E-state index in [1.807, 2.05) is 0 Å². The van der Waals surface area contributed by atoms with Crippen LogP contribution in [0.4, 0.5) is 5.69 Å². The molecule has 5 heteroatoms. The van der Waals surface area contributed by atoms with Crippen molar-refractivity contribution in [2.24, 2.45) is 11.8 Å². The second-order valence-electron chi connectivity index (χ2n) is 4.85. The summed E-state index contributed by atoms with van der Waals surface area (Å²) in [6.07, 6.45) is 2.75. The van der Waals surface area contributed by atoms with Crippen molar-refractivity contribution in [2.75, 3.05) is 5.32 Å². The Bertz CT molecular complexity index is 469. The molecule has 0 aliphatic heterocycles. The van der Waals surface area contributed by atoms with E-state index in [4.69, 9.17) is 5.11 Å². The van der Waals surface area contributed by atoms with Gasteiger partial charge in [-0.1, -0.05) is 12.8 Å². The molecule has 1 aromatic carbocycles. The van der Waals surface area contributed by atoms with Crippen molar-refractivity contribution in [1.29, 1.82) is 0 Å². The molecule has 2 atom stereocenters. The number of phenolic OH excluding ortho intramolecular Hbond substituents is 1. The molecule has 0 saturated heterocycles. The molecular formula is C14H16NO4-. The van der Waals surface area contributed by atoms with E-state index >= 15 is 0 Å². The summed E-state index contributed by atoms with van der Waals surface area (Å²) in [7, 11) is 0. The quantitative estimate of drug-likeness (QED) is 0.791. The predicted molar refractivity (Wildman–Crippen MR) is 67.2 cm³/mol. The van der Waals surface area contributed by atoms with Gasteiger partial charge in [0.15, 0.2) is 0 Å². The number of phenols is 1. The Morgan fingerprint density at radius 1 is 1.11 bits per heavy atom. The van der Waals surface area contributed by atoms with Crippen molar-refractivity contribution in [3.8, 4) is 5.75 Å². The number of carboxylic acids is 1. The first-order valence-electron chi connectivity index (χ1n) is 6.38. The molecule has 1 aromatic rings. The number of benzene rings is 1. The van der Waals surface area contributed by atoms with Crippen molar-refractivity contribution >= 4 is 17.6 Å². The van der Waals surface area contributed by atoms with Crippen LogP contribution in [0.5, 0.6) is 5.75 Å². The molecule has 19 heavy (non-hydrogen) atoms. The maximum absolute atomic E-state index is 12.1. The maximum Gasteiger partial charge on any atom is 0.228 e. The number of anilines is 1. The Kier molecular flexibility index (Phi) is 4.04. The van der Waals surface area contributed by atoms with Crippen LogP contribution in [0.3, 0.4) is 0 Å². The van der Waals surface area contributed by atoms with Gasteiger partial charge in [-0.2, -0.15) is 0 Å². The molecule has 0 aromatic heterocycles. The van der Waals surface area contributed by atoms with Gasteiger partial charge in [-0.05, 0) is 37.1 Å². The van der Waals surface area contributed by atoms with Crippen molar-refractivity contribution in [1.82, 2.24) is 0 Å². The van der Waals surface area contributed by atoms with Crippen molar-refractivity contribution in [2.45, 2.75) is 25.7 Å². The molecule has 0 radical (unpaired) electrons. The zero-order valence-corrected chi connectivity index (χ0v) is 10.5. The van der Waals surface area contributed by atoms with E-state index in [1.165, 1.54) is 12.1 Å². The second kappa shape index (κ2) is 5.73. The van der Waals surface area contributed by atoms with Crippen molar-refractivity contribution in [3.05, 3.63) is 24.3 Å². The smallest absolute Gasteiger partial charge is 0.228 e. The molecule has 1 aliphatic rings. The summed E-state index contributed by atoms with van der Waals surface area (Å²) in [4.78, 5) is 23.1. The first-order valence-corrected chi connectivity index (χ1v) is 6.38. The molecule has 0 heterocycles. The Labute approximate surface area is 111 Å². The number of carboxylic acid groups (broad SMARTS) is 1. The van der Waals surface area contributed by atoms with Crippen LogP contribution in [0.1, 0.15) is 25.7 Å². The second-order valence-corrected chi connectivity index (χ2v) is 4.85. The standard InChI is InChI=1S/C14H17NO4/c16-10-7-5-9(6-8-10)15-13(17)11-3-1-2-4-12(11)14(18)19/h5-8,11-12,16H,1-4H2,(H,15,17)(H,18,19)/p-1/t11-,12-/m0/s1. The minimum Gasteiger partial charge on any atom is -0.550 e. The average Bonchev–Trinajstić information content (AvgIpc) is 2.41. The highest BCUT2D eigenvalue weighted by Crippen LogP contribution is 2.30. The van der Waals surface area contributed by atoms with Gasteiger partial charge in [0.1, 0.15) is 5.75 Å². The number of nitrogens with one attached hydrogen (secondary N) is 1. The molecule has 2 rings (SSSR count). The third-order valence-corrected chi connectivity index (χ3v) is 3.54. The van der Waals surface area contributed by atoms with Gasteiger partial charge in [-0.25, -0.2) is 0 Å². The Balaban J connectivity index is 2.05. The third-order valence-electron chi connectivity index (χ3n) is 3.54. The third kappa shape index (κ3) is 3.24. The van der Waals surface area contributed by atoms with E-state index in [2.05, 4.69) is 5.32 Å². The SMILES string of the molecule is O=C([O-])[C@H]1CCCC[C@@H]1C(=O)Nc1ccc(O)cc1. The van der Waals surface area contributed by atoms with Crippen LogP contribution in [0.2, 0.25) is 0 Å². The van der Waals surface area contributed by atoms with E-state index in [9.17, 15) is 14.7 Å². The molecule has 0 unspecified atom stereocenters. The molecule has 0 spiro atoms. The fraction of sp³-hybridized carbons (Fsp3) is 0.429. The first-order chi connectivity index (χ1) is 9.08. The number of hydrogen-bond acceptors (Lipinski definition) is 4. The molecule has 2 N–H and O–H groups in total. The summed E-state index contributed by atoms with van der Waals surface area (Å²) in [5.74, 6) is -2.56. The summed E-state index contributed by atoms with van der Waals surface area (Å²) in [6.45, 7) is 0. The van der Waals surface area contributed by atoms with Gasteiger partial charge < -0.3 is 20.3 Å². The summed E-state index contributed by atoms with van der Waals surface area (Å²) >= 11 is 0. The molecular weight excluding hydrogens is 246 g/mol. The monoisotopic (exact) mass is 262 g/mol. The van der Waals surface area contributed by atoms with Gasteiger partial charge in [0.2, 0.25) is 5.91 Å². The van der Waals surface area contributed by atoms with E-state index in [0.29, 0.717) is 18.5 Å². The van der Waals surface area contributed by atoms with E-state index in [0.717, 1.165) is 12.8 Å². The van der Waals surface area contributed by atoms with Crippen LogP contribution < -0.4 is 10.4 Å². The molecule has 1 saturated carbocycles. The lowest BCUT2D eigenvalue weighted by molar-refractivity contribution is -0.313. The Morgan fingerprint density at radius 3 is 2.26 bits per heavy atom. The van der Waals surface area contributed by atoms with Crippen LogP contribution in [0, 0.1) is 11.8 Å². The van der Waals surface area contributed by atoms with Crippen LogP contribution in [0.25, 0.3) is 0 Å². The number of amides is 1. The zero-order chi connectivity index (χ0) is 13.8. The number of hydrogen-bond donors (Lipinski definition) is 2. The summed E-state index contributed by atoms with van der Waals surface area (Å²) < 4.78 is 0. The highest BCUT2D eigenvalue weighted by atomic mass is 16.4. The lowest BCUT2D eigenvalue weighted by Gasteiger charge is -2.31. The molecule has 1 amide bonds. The number of carbonyl (C=O) groups is 2. The molecule has 1 aliphatic carbocycles. The van der Waals surface area contributed by atoms with Crippen LogP contribution in [-0.2, 0) is 9.59 Å². The highest BCUT2D eigenvalue weighted by Gasteiger charge is 2.31. The van der Waals surface area contributed by atoms with Crippen LogP contribution >= 0.6 is 0 Å². The fourth-order valence-corrected chi connectivity index (χ4v) is 2.51. The molecule has 0 bridgehead atoms. The van der Waals surface area contributed by atoms with Gasteiger partial charge in [0.05, 0.1) is 0 Å². The van der Waals surface area contributed by atoms with Gasteiger partial charge >= 0.3 is 0 Å². The molecule has 102 valence electrons. The Hall–Kier alpha value is -2.04. The number of aliphatic carboxylic acids is 1. The summed E-state index contributed by atoms with van der Waals surface area (Å²) in [5.41, 5.74) is 0.547. The normalized spacial score (nSPS) is 22.7. The van der Waals surface area contributed by atoms with Gasteiger partial charge in [-0.15, -0.1) is 0 Å². The van der Waals surface area contributed by atoms with Gasteiger partial charge in [0.25, 0.3) is 0 Å².